The highest BCUT2D eigenvalue weighted by atomic mass is 16.6. The Morgan fingerprint density at radius 1 is 1.24 bits per heavy atom. The predicted molar refractivity (Wildman–Crippen MR) is 67.9 cm³/mol. The highest BCUT2D eigenvalue weighted by molar-refractivity contribution is 5.79. The number of hydrogen-bond donors (Lipinski definition) is 0. The molecule has 21 heavy (non-hydrogen) atoms. The molecule has 2 heterocycles. The third-order valence-corrected chi connectivity index (χ3v) is 2.78. The highest BCUT2D eigenvalue weighted by Crippen LogP contribution is 2.21. The minimum Gasteiger partial charge on any atom is -0.358 e. The summed E-state index contributed by atoms with van der Waals surface area (Å²) in [6.45, 7) is 2.52. The van der Waals surface area contributed by atoms with Crippen LogP contribution in [-0.4, -0.2) is 35.3 Å². The number of carbonyl (C=O) groups excluding carboxylic acids is 1. The van der Waals surface area contributed by atoms with Crippen LogP contribution in [0.15, 0.2) is 12.3 Å². The number of carbonyl (C=O) groups is 1. The number of hydrogen-bond acceptors (Lipinski definition) is 7. The van der Waals surface area contributed by atoms with Gasteiger partial charge in [0.05, 0.1) is 22.3 Å². The van der Waals surface area contributed by atoms with E-state index in [1.54, 1.807) is 0 Å². The number of aromatic nitrogens is 4. The van der Waals surface area contributed by atoms with Crippen molar-refractivity contribution in [2.75, 3.05) is 0 Å². The van der Waals surface area contributed by atoms with E-state index < -0.39 is 15.8 Å². The average molecular weight is 294 g/mol. The molecule has 11 heteroatoms. The lowest BCUT2D eigenvalue weighted by atomic mass is 10.3. The quantitative estimate of drug-likeness (QED) is 0.601. The van der Waals surface area contributed by atoms with Crippen molar-refractivity contribution in [3.8, 4) is 0 Å². The Balaban J connectivity index is 2.26. The first-order valence-corrected chi connectivity index (χ1v) is 5.73. The monoisotopic (exact) mass is 294 g/mol. The molecule has 0 aliphatic heterocycles. The fourth-order valence-electron chi connectivity index (χ4n) is 1.88. The van der Waals surface area contributed by atoms with Gasteiger partial charge in [0.15, 0.2) is 0 Å². The summed E-state index contributed by atoms with van der Waals surface area (Å²) in [6, 6.07) is 1.15. The van der Waals surface area contributed by atoms with E-state index in [1.165, 1.54) is 20.0 Å². The second-order valence-electron chi connectivity index (χ2n) is 4.21. The molecule has 0 bridgehead atoms. The summed E-state index contributed by atoms with van der Waals surface area (Å²) in [5.74, 6) is -0.969. The Kier molecular flexibility index (Phi) is 3.48. The number of aryl methyl sites for hydroxylation is 1. The first-order chi connectivity index (χ1) is 9.81. The molecule has 0 spiro atoms. The predicted octanol–water partition coefficient (Wildman–Crippen LogP) is 0.853. The van der Waals surface area contributed by atoms with Crippen molar-refractivity contribution in [1.82, 2.24) is 19.6 Å². The summed E-state index contributed by atoms with van der Waals surface area (Å²) in [7, 11) is 0. The van der Waals surface area contributed by atoms with Gasteiger partial charge in [0, 0.05) is 0 Å². The van der Waals surface area contributed by atoms with Crippen molar-refractivity contribution in [3.63, 3.8) is 0 Å². The minimum atomic E-state index is -0.685. The van der Waals surface area contributed by atoms with Crippen molar-refractivity contribution < 1.29 is 14.6 Å². The van der Waals surface area contributed by atoms with Crippen LogP contribution in [0.25, 0.3) is 0 Å². The van der Waals surface area contributed by atoms with E-state index in [-0.39, 0.29) is 29.4 Å². The zero-order chi connectivity index (χ0) is 15.7. The van der Waals surface area contributed by atoms with Crippen LogP contribution >= 0.6 is 0 Å². The largest absolute Gasteiger partial charge is 0.389 e. The lowest BCUT2D eigenvalue weighted by Crippen LogP contribution is -2.20. The van der Waals surface area contributed by atoms with E-state index in [4.69, 9.17) is 0 Å². The van der Waals surface area contributed by atoms with Gasteiger partial charge in [-0.25, -0.2) is 0 Å². The van der Waals surface area contributed by atoms with Gasteiger partial charge in [-0.1, -0.05) is 0 Å². The van der Waals surface area contributed by atoms with Gasteiger partial charge in [0.1, 0.15) is 17.9 Å². The average Bonchev–Trinajstić information content (AvgIpc) is 2.94. The van der Waals surface area contributed by atoms with Crippen molar-refractivity contribution in [2.24, 2.45) is 0 Å². The minimum absolute atomic E-state index is 0.101. The molecule has 0 aliphatic rings. The zero-order valence-electron chi connectivity index (χ0n) is 11.1. The number of nitro groups is 2. The molecule has 0 aromatic carbocycles. The van der Waals surface area contributed by atoms with Crippen LogP contribution in [0, 0.1) is 34.1 Å². The first kappa shape index (κ1) is 14.3. The Labute approximate surface area is 117 Å². The molecule has 0 saturated carbocycles. The summed E-state index contributed by atoms with van der Waals surface area (Å²) in [6.07, 6.45) is 1.27. The Hall–Kier alpha value is -3.11. The lowest BCUT2D eigenvalue weighted by Gasteiger charge is -2.00. The zero-order valence-corrected chi connectivity index (χ0v) is 11.1. The van der Waals surface area contributed by atoms with Crippen LogP contribution in [0.5, 0.6) is 0 Å². The van der Waals surface area contributed by atoms with Gasteiger partial charge >= 0.3 is 11.5 Å². The summed E-state index contributed by atoms with van der Waals surface area (Å²) >= 11 is 0. The third-order valence-electron chi connectivity index (χ3n) is 2.78. The van der Waals surface area contributed by atoms with Crippen molar-refractivity contribution in [3.05, 3.63) is 43.9 Å². The van der Waals surface area contributed by atoms with Crippen LogP contribution in [0.3, 0.4) is 0 Å². The summed E-state index contributed by atoms with van der Waals surface area (Å²) in [5.41, 5.74) is -0.00347. The van der Waals surface area contributed by atoms with Crippen LogP contribution in [-0.2, 0) is 6.54 Å². The van der Waals surface area contributed by atoms with Gasteiger partial charge in [-0.3, -0.25) is 14.9 Å². The molecule has 0 saturated heterocycles. The molecule has 0 fully saturated rings. The molecular weight excluding hydrogens is 284 g/mol. The lowest BCUT2D eigenvalue weighted by molar-refractivity contribution is -0.389. The van der Waals surface area contributed by atoms with Crippen LogP contribution < -0.4 is 0 Å². The van der Waals surface area contributed by atoms with Crippen LogP contribution in [0.2, 0.25) is 0 Å². The summed E-state index contributed by atoms with van der Waals surface area (Å²) in [5, 5.41) is 28.8. The van der Waals surface area contributed by atoms with E-state index in [2.05, 4.69) is 10.2 Å². The normalized spacial score (nSPS) is 10.6. The van der Waals surface area contributed by atoms with Crippen LogP contribution in [0.4, 0.5) is 11.5 Å². The molecule has 0 radical (unpaired) electrons. The van der Waals surface area contributed by atoms with Gasteiger partial charge in [0.2, 0.25) is 0 Å². The Morgan fingerprint density at radius 3 is 2.38 bits per heavy atom. The SMILES string of the molecule is Cc1nn(C(=O)Cn2ccc([N+](=O)[O-])n2)c(C)c1[N+](=O)[O-]. The standard InChI is InChI=1S/C10H10N6O5/c1-6-10(16(20)21)7(2)14(11-6)9(17)5-13-4-3-8(12-13)15(18)19/h3-4H,5H2,1-2H3. The van der Waals surface area contributed by atoms with E-state index in [1.807, 2.05) is 0 Å². The maximum absolute atomic E-state index is 12.0. The topological polar surface area (TPSA) is 139 Å². The van der Waals surface area contributed by atoms with Crippen molar-refractivity contribution in [1.29, 1.82) is 0 Å². The van der Waals surface area contributed by atoms with Gasteiger partial charge < -0.3 is 10.1 Å². The van der Waals surface area contributed by atoms with E-state index in [9.17, 15) is 25.0 Å². The maximum atomic E-state index is 12.0. The summed E-state index contributed by atoms with van der Waals surface area (Å²) in [4.78, 5) is 32.1. The van der Waals surface area contributed by atoms with E-state index >= 15 is 0 Å². The van der Waals surface area contributed by atoms with Gasteiger partial charge in [-0.05, 0) is 18.8 Å². The Bertz CT molecular complexity index is 745. The molecule has 0 aliphatic carbocycles. The van der Waals surface area contributed by atoms with E-state index in [0.29, 0.717) is 0 Å². The molecule has 0 N–H and O–H groups in total. The Morgan fingerprint density at radius 2 is 1.90 bits per heavy atom. The number of nitrogens with zero attached hydrogens (tertiary/aromatic N) is 6. The smallest absolute Gasteiger partial charge is 0.358 e. The third kappa shape index (κ3) is 2.61. The molecule has 110 valence electrons. The van der Waals surface area contributed by atoms with Crippen molar-refractivity contribution >= 4 is 17.4 Å². The maximum Gasteiger partial charge on any atom is 0.389 e. The number of rotatable bonds is 4. The molecule has 2 aromatic heterocycles. The van der Waals surface area contributed by atoms with Gasteiger partial charge in [-0.15, -0.1) is 0 Å². The fourth-order valence-corrected chi connectivity index (χ4v) is 1.88. The second kappa shape index (κ2) is 5.11. The molecule has 2 rings (SSSR count). The first-order valence-electron chi connectivity index (χ1n) is 5.73. The van der Waals surface area contributed by atoms with Gasteiger partial charge in [-0.2, -0.15) is 14.5 Å². The molecule has 0 amide bonds. The molecule has 11 nitrogen and oxygen atoms in total. The van der Waals surface area contributed by atoms with Crippen molar-refractivity contribution in [2.45, 2.75) is 20.4 Å². The highest BCUT2D eigenvalue weighted by Gasteiger charge is 2.25. The second-order valence-corrected chi connectivity index (χ2v) is 4.21. The molecule has 0 atom stereocenters. The molecular formula is C10H10N6O5. The van der Waals surface area contributed by atoms with Gasteiger partial charge in [0.25, 0.3) is 5.91 Å². The fraction of sp³-hybridized carbons (Fsp3) is 0.300. The summed E-state index contributed by atoms with van der Waals surface area (Å²) < 4.78 is 1.98. The molecule has 2 aromatic rings. The van der Waals surface area contributed by atoms with Crippen LogP contribution in [0.1, 0.15) is 16.2 Å². The molecule has 0 unspecified atom stereocenters. The van der Waals surface area contributed by atoms with E-state index in [0.717, 1.165) is 15.4 Å².